The van der Waals surface area contributed by atoms with Gasteiger partial charge in [0.2, 0.25) is 0 Å². The predicted octanol–water partition coefficient (Wildman–Crippen LogP) is 11.6. The van der Waals surface area contributed by atoms with Gasteiger partial charge in [-0.25, -0.2) is 8.78 Å². The third kappa shape index (κ3) is 4.32. The number of benzene rings is 7. The number of rotatable bonds is 5. The van der Waals surface area contributed by atoms with Gasteiger partial charge in [-0.05, 0) is 84.9 Å². The maximum absolute atomic E-state index is 14.7. The van der Waals surface area contributed by atoms with Crippen molar-refractivity contribution in [3.05, 3.63) is 175 Å². The Morgan fingerprint density at radius 3 is 1.64 bits per heavy atom. The van der Waals surface area contributed by atoms with E-state index in [1.807, 2.05) is 54.6 Å². The molecule has 0 N–H and O–H groups in total. The van der Waals surface area contributed by atoms with Gasteiger partial charge in [-0.1, -0.05) is 78.9 Å². The minimum Gasteiger partial charge on any atom is -0.309 e. The molecule has 0 unspecified atom stereocenters. The lowest BCUT2D eigenvalue weighted by molar-refractivity contribution is 0.626. The standard InChI is InChI=1S/C42H27F2N3/c43-28-11-8-15-31(25-28)46-38-20-6-5-18-35(38)37-27-33(23-24-40(37)46)45(30-13-2-1-3-14-30)41-22-10-19-36-34-17-4-7-21-39(34)47(42(36)41)32-16-9-12-29(44)26-32/h1-27H. The highest BCUT2D eigenvalue weighted by atomic mass is 19.1. The average Bonchev–Trinajstić information content (AvgIpc) is 3.62. The van der Waals surface area contributed by atoms with E-state index in [9.17, 15) is 8.78 Å². The van der Waals surface area contributed by atoms with Crippen LogP contribution in [-0.4, -0.2) is 9.13 Å². The Kier molecular flexibility index (Phi) is 6.18. The van der Waals surface area contributed by atoms with Gasteiger partial charge in [-0.3, -0.25) is 0 Å². The first-order chi connectivity index (χ1) is 23.2. The number of anilines is 3. The van der Waals surface area contributed by atoms with Crippen molar-refractivity contribution in [1.82, 2.24) is 9.13 Å². The molecule has 0 spiro atoms. The normalized spacial score (nSPS) is 11.6. The number of nitrogens with zero attached hydrogens (tertiary/aromatic N) is 3. The first-order valence-corrected chi connectivity index (χ1v) is 15.6. The van der Waals surface area contributed by atoms with Crippen molar-refractivity contribution >= 4 is 60.7 Å². The van der Waals surface area contributed by atoms with Crippen LogP contribution in [0.3, 0.4) is 0 Å². The SMILES string of the molecule is Fc1cccc(-n2c3ccccc3c3cc(N(c4ccccc4)c4cccc5c6ccccc6n(-c6cccc(F)c6)c45)ccc32)c1. The largest absolute Gasteiger partial charge is 0.309 e. The van der Waals surface area contributed by atoms with Crippen molar-refractivity contribution in [3.8, 4) is 11.4 Å². The smallest absolute Gasteiger partial charge is 0.125 e. The van der Waals surface area contributed by atoms with Gasteiger partial charge < -0.3 is 14.0 Å². The summed E-state index contributed by atoms with van der Waals surface area (Å²) >= 11 is 0. The van der Waals surface area contributed by atoms with Crippen molar-refractivity contribution in [1.29, 1.82) is 0 Å². The Morgan fingerprint density at radius 1 is 0.383 bits per heavy atom. The minimum absolute atomic E-state index is 0.276. The van der Waals surface area contributed by atoms with Crippen LogP contribution >= 0.6 is 0 Å². The molecule has 0 aliphatic rings. The van der Waals surface area contributed by atoms with E-state index in [0.717, 1.165) is 72.0 Å². The third-order valence-electron chi connectivity index (χ3n) is 8.98. The summed E-state index contributed by atoms with van der Waals surface area (Å²) in [5.41, 5.74) is 8.41. The average molecular weight is 612 g/mol. The Balaban J connectivity index is 1.36. The van der Waals surface area contributed by atoms with Crippen LogP contribution in [0.1, 0.15) is 0 Å². The highest BCUT2D eigenvalue weighted by Crippen LogP contribution is 2.44. The van der Waals surface area contributed by atoms with E-state index in [1.54, 1.807) is 24.3 Å². The molecule has 2 heterocycles. The summed E-state index contributed by atoms with van der Waals surface area (Å²) in [5.74, 6) is -0.562. The van der Waals surface area contributed by atoms with Crippen LogP contribution in [0, 0.1) is 11.6 Å². The number of hydrogen-bond acceptors (Lipinski definition) is 1. The summed E-state index contributed by atoms with van der Waals surface area (Å²) in [6.07, 6.45) is 0. The lowest BCUT2D eigenvalue weighted by atomic mass is 10.1. The van der Waals surface area contributed by atoms with Gasteiger partial charge in [0, 0.05) is 44.3 Å². The quantitative estimate of drug-likeness (QED) is 0.189. The van der Waals surface area contributed by atoms with Gasteiger partial charge in [-0.2, -0.15) is 0 Å². The van der Waals surface area contributed by atoms with Crippen molar-refractivity contribution in [2.24, 2.45) is 0 Å². The molecule has 0 radical (unpaired) electrons. The lowest BCUT2D eigenvalue weighted by Gasteiger charge is -2.27. The highest BCUT2D eigenvalue weighted by molar-refractivity contribution is 6.15. The van der Waals surface area contributed by atoms with Crippen molar-refractivity contribution < 1.29 is 8.78 Å². The molecule has 7 aromatic carbocycles. The Bertz CT molecular complexity index is 2620. The predicted molar refractivity (Wildman–Crippen MR) is 190 cm³/mol. The van der Waals surface area contributed by atoms with Crippen LogP contribution in [0.15, 0.2) is 164 Å². The zero-order valence-electron chi connectivity index (χ0n) is 25.2. The molecule has 9 aromatic rings. The summed E-state index contributed by atoms with van der Waals surface area (Å²) in [7, 11) is 0. The van der Waals surface area contributed by atoms with Crippen LogP contribution in [-0.2, 0) is 0 Å². The van der Waals surface area contributed by atoms with Crippen LogP contribution in [0.25, 0.3) is 55.0 Å². The van der Waals surface area contributed by atoms with Gasteiger partial charge in [0.15, 0.2) is 0 Å². The van der Waals surface area contributed by atoms with Crippen LogP contribution in [0.2, 0.25) is 0 Å². The minimum atomic E-state index is -0.286. The maximum Gasteiger partial charge on any atom is 0.125 e. The molecular weight excluding hydrogens is 584 g/mol. The summed E-state index contributed by atoms with van der Waals surface area (Å²) in [4.78, 5) is 2.27. The molecule has 0 aliphatic carbocycles. The number of aromatic nitrogens is 2. The molecule has 47 heavy (non-hydrogen) atoms. The van der Waals surface area contributed by atoms with Gasteiger partial charge in [-0.15, -0.1) is 0 Å². The number of fused-ring (bicyclic) bond motifs is 6. The fourth-order valence-corrected chi connectivity index (χ4v) is 7.06. The molecule has 0 atom stereocenters. The Hall–Kier alpha value is -6.20. The van der Waals surface area contributed by atoms with Gasteiger partial charge >= 0.3 is 0 Å². The monoisotopic (exact) mass is 611 g/mol. The molecule has 0 saturated heterocycles. The zero-order valence-corrected chi connectivity index (χ0v) is 25.2. The van der Waals surface area contributed by atoms with E-state index >= 15 is 0 Å². The molecule has 0 saturated carbocycles. The van der Waals surface area contributed by atoms with E-state index in [-0.39, 0.29) is 11.6 Å². The van der Waals surface area contributed by atoms with Crippen molar-refractivity contribution in [3.63, 3.8) is 0 Å². The molecule has 0 aliphatic heterocycles. The molecule has 2 aromatic heterocycles. The number of halogens is 2. The summed E-state index contributed by atoms with van der Waals surface area (Å²) < 4.78 is 33.4. The molecule has 0 amide bonds. The number of hydrogen-bond donors (Lipinski definition) is 0. The van der Waals surface area contributed by atoms with E-state index in [4.69, 9.17) is 0 Å². The lowest BCUT2D eigenvalue weighted by Crippen LogP contribution is -2.11. The summed E-state index contributed by atoms with van der Waals surface area (Å²) in [6, 6.07) is 53.1. The van der Waals surface area contributed by atoms with Crippen LogP contribution in [0.5, 0.6) is 0 Å². The van der Waals surface area contributed by atoms with E-state index in [0.29, 0.717) is 0 Å². The van der Waals surface area contributed by atoms with Gasteiger partial charge in [0.1, 0.15) is 11.6 Å². The molecule has 9 rings (SSSR count). The maximum atomic E-state index is 14.7. The van der Waals surface area contributed by atoms with Gasteiger partial charge in [0.25, 0.3) is 0 Å². The van der Waals surface area contributed by atoms with Crippen LogP contribution < -0.4 is 4.90 Å². The third-order valence-corrected chi connectivity index (χ3v) is 8.98. The van der Waals surface area contributed by atoms with E-state index in [2.05, 4.69) is 86.8 Å². The topological polar surface area (TPSA) is 13.1 Å². The first kappa shape index (κ1) is 27.1. The Morgan fingerprint density at radius 2 is 0.936 bits per heavy atom. The second-order valence-corrected chi connectivity index (χ2v) is 11.7. The zero-order chi connectivity index (χ0) is 31.5. The molecule has 3 nitrogen and oxygen atoms in total. The Labute approximate surface area is 269 Å². The van der Waals surface area contributed by atoms with Crippen molar-refractivity contribution in [2.75, 3.05) is 4.90 Å². The van der Waals surface area contributed by atoms with Crippen LogP contribution in [0.4, 0.5) is 25.8 Å². The second kappa shape index (κ2) is 10.7. The fourth-order valence-electron chi connectivity index (χ4n) is 7.06. The fraction of sp³-hybridized carbons (Fsp3) is 0. The van der Waals surface area contributed by atoms with Gasteiger partial charge in [0.05, 0.1) is 27.8 Å². The second-order valence-electron chi connectivity index (χ2n) is 11.7. The molecule has 0 bridgehead atoms. The van der Waals surface area contributed by atoms with Crippen molar-refractivity contribution in [2.45, 2.75) is 0 Å². The summed E-state index contributed by atoms with van der Waals surface area (Å²) in [6.45, 7) is 0. The number of para-hydroxylation sites is 4. The van der Waals surface area contributed by atoms with E-state index < -0.39 is 0 Å². The molecule has 0 fully saturated rings. The first-order valence-electron chi connectivity index (χ1n) is 15.6. The molecular formula is C42H27F2N3. The summed E-state index contributed by atoms with van der Waals surface area (Å²) in [5, 5.41) is 4.30. The molecule has 224 valence electrons. The van der Waals surface area contributed by atoms with E-state index in [1.165, 1.54) is 12.1 Å². The highest BCUT2D eigenvalue weighted by Gasteiger charge is 2.22. The molecule has 5 heteroatoms.